The van der Waals surface area contributed by atoms with Gasteiger partial charge in [-0.3, -0.25) is 10.1 Å². The lowest BCUT2D eigenvalue weighted by molar-refractivity contribution is 0.101. The molecular formula is C13H15N3O3S. The van der Waals surface area contributed by atoms with E-state index in [4.69, 9.17) is 15.2 Å². The van der Waals surface area contributed by atoms with E-state index in [0.717, 1.165) is 0 Å². The first-order valence-electron chi connectivity index (χ1n) is 5.93. The quantitative estimate of drug-likeness (QED) is 0.628. The number of amides is 1. The molecule has 1 amide bonds. The van der Waals surface area contributed by atoms with Gasteiger partial charge in [0, 0.05) is 30.4 Å². The molecule has 3 N–H and O–H groups in total. The SMILES string of the molecule is COCCOc1cc(N)ccc1C(=O)Nc1nccs1. The maximum absolute atomic E-state index is 12.2. The molecule has 106 valence electrons. The number of nitrogens with two attached hydrogens (primary N) is 1. The molecule has 2 aromatic rings. The molecule has 1 aromatic heterocycles. The largest absolute Gasteiger partial charge is 0.490 e. The van der Waals surface area contributed by atoms with Gasteiger partial charge in [-0.1, -0.05) is 0 Å². The van der Waals surface area contributed by atoms with Gasteiger partial charge in [-0.15, -0.1) is 11.3 Å². The molecule has 7 heteroatoms. The maximum atomic E-state index is 12.2. The summed E-state index contributed by atoms with van der Waals surface area (Å²) in [5, 5.41) is 5.03. The van der Waals surface area contributed by atoms with Crippen LogP contribution in [0.4, 0.5) is 10.8 Å². The Kier molecular flexibility index (Phi) is 4.91. The number of ether oxygens (including phenoxy) is 2. The van der Waals surface area contributed by atoms with Gasteiger partial charge >= 0.3 is 0 Å². The van der Waals surface area contributed by atoms with Crippen molar-refractivity contribution in [3.05, 3.63) is 35.3 Å². The highest BCUT2D eigenvalue weighted by atomic mass is 32.1. The van der Waals surface area contributed by atoms with Crippen LogP contribution in [-0.2, 0) is 4.74 Å². The number of thiazole rings is 1. The standard InChI is InChI=1S/C13H15N3O3S/c1-18-5-6-19-11-8-9(14)2-3-10(11)12(17)16-13-15-4-7-20-13/h2-4,7-8H,5-6,14H2,1H3,(H,15,16,17). The molecule has 6 nitrogen and oxygen atoms in total. The van der Waals surface area contributed by atoms with E-state index in [9.17, 15) is 4.79 Å². The van der Waals surface area contributed by atoms with Crippen molar-refractivity contribution in [2.75, 3.05) is 31.4 Å². The molecule has 0 saturated heterocycles. The van der Waals surface area contributed by atoms with Crippen molar-refractivity contribution in [1.82, 2.24) is 4.98 Å². The van der Waals surface area contributed by atoms with Gasteiger partial charge in [0.1, 0.15) is 12.4 Å². The van der Waals surface area contributed by atoms with Crippen LogP contribution >= 0.6 is 11.3 Å². The van der Waals surface area contributed by atoms with Crippen LogP contribution in [-0.4, -0.2) is 31.2 Å². The Balaban J connectivity index is 2.14. The van der Waals surface area contributed by atoms with Crippen molar-refractivity contribution in [3.63, 3.8) is 0 Å². The average molecular weight is 293 g/mol. The second-order valence-corrected chi connectivity index (χ2v) is 4.78. The van der Waals surface area contributed by atoms with Crippen molar-refractivity contribution < 1.29 is 14.3 Å². The molecule has 0 atom stereocenters. The molecule has 0 aliphatic rings. The number of hydrogen-bond donors (Lipinski definition) is 2. The Morgan fingerprint density at radius 2 is 2.30 bits per heavy atom. The number of nitrogen functional groups attached to an aromatic ring is 1. The molecule has 2 rings (SSSR count). The summed E-state index contributed by atoms with van der Waals surface area (Å²) in [6.45, 7) is 0.778. The number of methoxy groups -OCH3 is 1. The summed E-state index contributed by atoms with van der Waals surface area (Å²) in [6.07, 6.45) is 1.62. The van der Waals surface area contributed by atoms with Crippen LogP contribution in [0.3, 0.4) is 0 Å². The summed E-state index contributed by atoms with van der Waals surface area (Å²) in [5.74, 6) is 0.142. The predicted molar refractivity (Wildman–Crippen MR) is 78.3 cm³/mol. The van der Waals surface area contributed by atoms with Crippen molar-refractivity contribution in [2.24, 2.45) is 0 Å². The molecule has 0 aliphatic heterocycles. The van der Waals surface area contributed by atoms with Crippen LogP contribution in [0, 0.1) is 0 Å². The van der Waals surface area contributed by atoms with Gasteiger partial charge in [-0.2, -0.15) is 0 Å². The lowest BCUT2D eigenvalue weighted by Crippen LogP contribution is -2.15. The third kappa shape index (κ3) is 3.69. The molecule has 0 unspecified atom stereocenters. The zero-order valence-electron chi connectivity index (χ0n) is 11.0. The van der Waals surface area contributed by atoms with Crippen molar-refractivity contribution in [3.8, 4) is 5.75 Å². The van der Waals surface area contributed by atoms with Crippen molar-refractivity contribution >= 4 is 28.1 Å². The van der Waals surface area contributed by atoms with Crippen LogP contribution in [0.15, 0.2) is 29.8 Å². The smallest absolute Gasteiger partial charge is 0.261 e. The molecule has 20 heavy (non-hydrogen) atoms. The number of nitrogens with one attached hydrogen (secondary N) is 1. The number of carbonyl (C=O) groups excluding carboxylic acids is 1. The first-order chi connectivity index (χ1) is 9.70. The van der Waals surface area contributed by atoms with E-state index in [1.165, 1.54) is 11.3 Å². The topological polar surface area (TPSA) is 86.5 Å². The fourth-order valence-electron chi connectivity index (χ4n) is 1.53. The summed E-state index contributed by atoms with van der Waals surface area (Å²) in [4.78, 5) is 16.2. The lowest BCUT2D eigenvalue weighted by atomic mass is 10.1. The van der Waals surface area contributed by atoms with Gasteiger partial charge in [0.2, 0.25) is 0 Å². The minimum atomic E-state index is -0.285. The highest BCUT2D eigenvalue weighted by molar-refractivity contribution is 7.13. The number of aromatic nitrogens is 1. The Bertz CT molecular complexity index is 572. The second kappa shape index (κ2) is 6.88. The Morgan fingerprint density at radius 3 is 3.00 bits per heavy atom. The Labute approximate surface area is 120 Å². The minimum Gasteiger partial charge on any atom is -0.490 e. The van der Waals surface area contributed by atoms with E-state index in [-0.39, 0.29) is 5.91 Å². The van der Waals surface area contributed by atoms with Gasteiger partial charge in [-0.25, -0.2) is 4.98 Å². The average Bonchev–Trinajstić information content (AvgIpc) is 2.92. The molecular weight excluding hydrogens is 278 g/mol. The third-order valence-corrected chi connectivity index (χ3v) is 3.14. The summed E-state index contributed by atoms with van der Waals surface area (Å²) < 4.78 is 10.4. The monoisotopic (exact) mass is 293 g/mol. The van der Waals surface area contributed by atoms with Crippen LogP contribution in [0.5, 0.6) is 5.75 Å². The van der Waals surface area contributed by atoms with Crippen LogP contribution in [0.1, 0.15) is 10.4 Å². The first-order valence-corrected chi connectivity index (χ1v) is 6.81. The molecule has 0 spiro atoms. The number of hydrogen-bond acceptors (Lipinski definition) is 6. The number of carbonyl (C=O) groups is 1. The summed E-state index contributed by atoms with van der Waals surface area (Å²) in [6, 6.07) is 4.90. The number of rotatable bonds is 6. The Hall–Kier alpha value is -2.12. The van der Waals surface area contributed by atoms with E-state index in [1.54, 1.807) is 36.9 Å². The normalized spacial score (nSPS) is 10.2. The molecule has 1 heterocycles. The summed E-state index contributed by atoms with van der Waals surface area (Å²) in [7, 11) is 1.58. The zero-order valence-corrected chi connectivity index (χ0v) is 11.8. The van der Waals surface area contributed by atoms with Crippen molar-refractivity contribution in [1.29, 1.82) is 0 Å². The Morgan fingerprint density at radius 1 is 1.45 bits per heavy atom. The fraction of sp³-hybridized carbons (Fsp3) is 0.231. The lowest BCUT2D eigenvalue weighted by Gasteiger charge is -2.11. The van der Waals surface area contributed by atoms with E-state index in [0.29, 0.717) is 35.3 Å². The molecule has 0 saturated carbocycles. The summed E-state index contributed by atoms with van der Waals surface area (Å²) >= 11 is 1.35. The van der Waals surface area contributed by atoms with Gasteiger partial charge < -0.3 is 15.2 Å². The number of anilines is 2. The molecule has 0 radical (unpaired) electrons. The highest BCUT2D eigenvalue weighted by Gasteiger charge is 2.14. The maximum Gasteiger partial charge on any atom is 0.261 e. The fourth-order valence-corrected chi connectivity index (χ4v) is 2.05. The molecule has 0 aliphatic carbocycles. The molecule has 1 aromatic carbocycles. The van der Waals surface area contributed by atoms with E-state index in [2.05, 4.69) is 10.3 Å². The zero-order chi connectivity index (χ0) is 14.4. The van der Waals surface area contributed by atoms with Crippen LogP contribution in [0.25, 0.3) is 0 Å². The minimum absolute atomic E-state index is 0.285. The third-order valence-electron chi connectivity index (χ3n) is 2.45. The number of benzene rings is 1. The van der Waals surface area contributed by atoms with E-state index >= 15 is 0 Å². The van der Waals surface area contributed by atoms with Crippen LogP contribution in [0.2, 0.25) is 0 Å². The van der Waals surface area contributed by atoms with Gasteiger partial charge in [0.15, 0.2) is 5.13 Å². The molecule has 0 fully saturated rings. The summed E-state index contributed by atoms with van der Waals surface area (Å²) in [5.41, 5.74) is 6.65. The highest BCUT2D eigenvalue weighted by Crippen LogP contribution is 2.23. The van der Waals surface area contributed by atoms with Crippen molar-refractivity contribution in [2.45, 2.75) is 0 Å². The van der Waals surface area contributed by atoms with Crippen LogP contribution < -0.4 is 15.8 Å². The first kappa shape index (κ1) is 14.3. The van der Waals surface area contributed by atoms with E-state index in [1.807, 2.05) is 0 Å². The van der Waals surface area contributed by atoms with Gasteiger partial charge in [-0.05, 0) is 12.1 Å². The van der Waals surface area contributed by atoms with Gasteiger partial charge in [0.05, 0.1) is 12.2 Å². The van der Waals surface area contributed by atoms with Gasteiger partial charge in [0.25, 0.3) is 5.91 Å². The second-order valence-electron chi connectivity index (χ2n) is 3.89. The number of nitrogens with zero attached hydrogens (tertiary/aromatic N) is 1. The van der Waals surface area contributed by atoms with E-state index < -0.39 is 0 Å². The predicted octanol–water partition coefficient (Wildman–Crippen LogP) is 2.00. The molecule has 0 bridgehead atoms.